The maximum absolute atomic E-state index is 11.7. The summed E-state index contributed by atoms with van der Waals surface area (Å²) in [6.45, 7) is 24.1. The van der Waals surface area contributed by atoms with Crippen molar-refractivity contribution in [3.8, 4) is 0 Å². The van der Waals surface area contributed by atoms with Crippen molar-refractivity contribution in [2.24, 2.45) is 35.5 Å². The molecule has 10 N–H and O–H groups in total. The molecule has 0 fully saturated rings. The molecule has 0 heterocycles. The molecule has 0 aliphatic carbocycles. The molecule has 2 amide bonds. The Labute approximate surface area is 267 Å². The number of hydrogen-bond donors (Lipinski definition) is 6. The molecule has 0 radical (unpaired) electrons. The fourth-order valence-electron chi connectivity index (χ4n) is 3.30. The standard InChI is InChI=1S/2C12H24N2O3.2C4H10O/c2*1-7(2)5-9(13)11(15)14-10(12(16)17)6-8(3)4;2*1-4(2)3-5/h2*7-10H,5-6,13H2,1-4H3,(H,14,15)(H,16,17);2*4-5H,3H2,1-2H3/t2*9-,10-;;/m00../s1. The van der Waals surface area contributed by atoms with E-state index in [-0.39, 0.29) is 23.7 Å². The van der Waals surface area contributed by atoms with Gasteiger partial charge in [0, 0.05) is 26.1 Å². The number of aliphatic hydroxyl groups excluding tert-OH is 2. The van der Waals surface area contributed by atoms with Crippen molar-refractivity contribution < 1.29 is 51.1 Å². The van der Waals surface area contributed by atoms with Gasteiger partial charge in [0.05, 0.1) is 24.0 Å². The van der Waals surface area contributed by atoms with Crippen LogP contribution in [0.3, 0.4) is 0 Å². The molecular weight excluding hydrogens is 568 g/mol. The fourth-order valence-corrected chi connectivity index (χ4v) is 3.30. The number of carboxylic acid groups (broad SMARTS) is 2. The Morgan fingerprint density at radius 1 is 0.500 bits per heavy atom. The summed E-state index contributed by atoms with van der Waals surface area (Å²) in [5, 5.41) is 43.0. The lowest BCUT2D eigenvalue weighted by Gasteiger charge is -2.22. The normalized spacial score (nSPS) is 13.6. The average Bonchev–Trinajstić information content (AvgIpc) is 2.87. The summed E-state index contributed by atoms with van der Waals surface area (Å²) in [5.41, 5.74) is 7.49. The molecule has 0 saturated carbocycles. The van der Waals surface area contributed by atoms with Crippen molar-refractivity contribution in [2.45, 2.75) is 133 Å². The molecule has 4 atom stereocenters. The summed E-state index contributed by atoms with van der Waals surface area (Å²) in [5.74, 6) is -1.12. The quantitative estimate of drug-likeness (QED) is 0.124. The van der Waals surface area contributed by atoms with Gasteiger partial charge in [0.2, 0.25) is 0 Å². The Hall–Kier alpha value is -2.28. The van der Waals surface area contributed by atoms with Crippen LogP contribution < -0.4 is 32.3 Å². The third-order valence-corrected chi connectivity index (χ3v) is 5.60. The summed E-state index contributed by atoms with van der Waals surface area (Å²) < 4.78 is 0. The van der Waals surface area contributed by atoms with E-state index in [0.29, 0.717) is 62.6 Å². The van der Waals surface area contributed by atoms with Crippen molar-refractivity contribution in [1.82, 2.24) is 10.6 Å². The average molecular weight is 637 g/mol. The number of carboxylic acids is 2. The van der Waals surface area contributed by atoms with Gasteiger partial charge in [-0.3, -0.25) is 9.59 Å². The van der Waals surface area contributed by atoms with Crippen LogP contribution in [0.4, 0.5) is 0 Å². The van der Waals surface area contributed by atoms with E-state index in [1.165, 1.54) is 0 Å². The zero-order chi connectivity index (χ0) is 35.7. The van der Waals surface area contributed by atoms with E-state index in [1.807, 2.05) is 83.1 Å². The molecule has 0 saturated heterocycles. The van der Waals surface area contributed by atoms with Gasteiger partial charge >= 0.3 is 0 Å². The van der Waals surface area contributed by atoms with Gasteiger partial charge < -0.3 is 52.1 Å². The summed E-state index contributed by atoms with van der Waals surface area (Å²) in [6, 6.07) is -2.66. The second-order valence-corrected chi connectivity index (χ2v) is 13.8. The van der Waals surface area contributed by atoms with E-state index in [2.05, 4.69) is 22.1 Å². The van der Waals surface area contributed by atoms with Gasteiger partial charge in [0.1, 0.15) is 0 Å². The first-order chi connectivity index (χ1) is 20.0. The first kappa shape index (κ1) is 48.6. The Morgan fingerprint density at radius 2 is 0.705 bits per heavy atom. The number of aliphatic carboxylic acids is 2. The van der Waals surface area contributed by atoms with Gasteiger partial charge in [-0.15, -0.1) is 0 Å². The first-order valence-electron chi connectivity index (χ1n) is 15.9. The van der Waals surface area contributed by atoms with Crippen molar-refractivity contribution in [1.29, 1.82) is 0 Å². The van der Waals surface area contributed by atoms with Crippen molar-refractivity contribution in [3.05, 3.63) is 0 Å². The van der Waals surface area contributed by atoms with Gasteiger partial charge in [0.25, 0.3) is 11.8 Å². The number of carbonyl (C=O) groups is 4. The lowest BCUT2D eigenvalue weighted by molar-refractivity contribution is -0.407. The highest BCUT2D eigenvalue weighted by Gasteiger charge is 2.24. The Bertz CT molecular complexity index is 697. The van der Waals surface area contributed by atoms with Gasteiger partial charge in [-0.1, -0.05) is 83.1 Å². The van der Waals surface area contributed by atoms with Crippen LogP contribution in [0.25, 0.3) is 0 Å². The number of amides is 2. The summed E-state index contributed by atoms with van der Waals surface area (Å²) in [7, 11) is 0. The Balaban J connectivity index is -0.000000278. The van der Waals surface area contributed by atoms with Crippen LogP contribution in [0.2, 0.25) is 0 Å². The van der Waals surface area contributed by atoms with Gasteiger partial charge in [-0.2, -0.15) is 0 Å². The molecule has 0 unspecified atom stereocenters. The predicted molar refractivity (Wildman–Crippen MR) is 169 cm³/mol. The van der Waals surface area contributed by atoms with E-state index in [9.17, 15) is 29.4 Å². The van der Waals surface area contributed by atoms with Crippen LogP contribution in [0.1, 0.15) is 109 Å². The number of aliphatic hydroxyl groups is 2. The number of hydrogen-bond acceptors (Lipinski definition) is 8. The minimum atomic E-state index is -1.23. The third-order valence-electron chi connectivity index (χ3n) is 5.60. The molecule has 0 aliphatic rings. The van der Waals surface area contributed by atoms with Crippen molar-refractivity contribution in [2.75, 3.05) is 13.2 Å². The first-order valence-corrected chi connectivity index (χ1v) is 15.9. The molecular formula is C32H68N4O8. The minimum Gasteiger partial charge on any atom is -0.548 e. The van der Waals surface area contributed by atoms with Crippen LogP contribution in [-0.2, 0) is 19.2 Å². The third kappa shape index (κ3) is 34.2. The highest BCUT2D eigenvalue weighted by Crippen LogP contribution is 2.07. The lowest BCUT2D eigenvalue weighted by atomic mass is 10.0. The van der Waals surface area contributed by atoms with Crippen LogP contribution in [0, 0.1) is 35.5 Å². The topological polar surface area (TPSA) is 234 Å². The Kier molecular flexibility index (Phi) is 31.2. The van der Waals surface area contributed by atoms with Gasteiger partial charge in [-0.05, 0) is 48.3 Å². The molecule has 0 aromatic carbocycles. The fraction of sp³-hybridized carbons (Fsp3) is 0.875. The molecule has 0 aromatic rings. The van der Waals surface area contributed by atoms with Crippen LogP contribution in [-0.4, -0.2) is 71.3 Å². The lowest BCUT2D eigenvalue weighted by Crippen LogP contribution is -2.69. The largest absolute Gasteiger partial charge is 0.548 e. The molecule has 0 aromatic heterocycles. The van der Waals surface area contributed by atoms with Crippen molar-refractivity contribution in [3.63, 3.8) is 0 Å². The molecule has 44 heavy (non-hydrogen) atoms. The zero-order valence-corrected chi connectivity index (χ0v) is 29.8. The molecule has 0 aliphatic heterocycles. The van der Waals surface area contributed by atoms with E-state index in [0.717, 1.165) is 0 Å². The molecule has 12 heteroatoms. The van der Waals surface area contributed by atoms with E-state index >= 15 is 0 Å². The SMILES string of the molecule is CC(C)CO.CC(C)CO.CC(C)C[C@H](NC(=O)[C@@H]([NH3+])CC(C)C)C(=O)[O-].CC(C)C[C@H](NC(=O)[C@@H]([NH3+])CC(C)C)C(=O)[O-]. The molecule has 0 rings (SSSR count). The van der Waals surface area contributed by atoms with E-state index < -0.39 is 36.1 Å². The summed E-state index contributed by atoms with van der Waals surface area (Å²) in [6.07, 6.45) is 2.05. The minimum absolute atomic E-state index is 0.187. The van der Waals surface area contributed by atoms with E-state index in [1.54, 1.807) is 0 Å². The second kappa shape index (κ2) is 28.2. The summed E-state index contributed by atoms with van der Waals surface area (Å²) in [4.78, 5) is 45.2. The monoisotopic (exact) mass is 637 g/mol. The molecule has 0 bridgehead atoms. The highest BCUT2D eigenvalue weighted by molar-refractivity contribution is 5.85. The highest BCUT2D eigenvalue weighted by atomic mass is 16.4. The van der Waals surface area contributed by atoms with Crippen LogP contribution >= 0.6 is 0 Å². The van der Waals surface area contributed by atoms with E-state index in [4.69, 9.17) is 10.2 Å². The molecule has 0 spiro atoms. The maximum Gasteiger partial charge on any atom is 0.278 e. The number of carbonyl (C=O) groups excluding carboxylic acids is 4. The second-order valence-electron chi connectivity index (χ2n) is 13.8. The molecule has 12 nitrogen and oxygen atoms in total. The molecule has 264 valence electrons. The Morgan fingerprint density at radius 3 is 0.841 bits per heavy atom. The zero-order valence-electron chi connectivity index (χ0n) is 29.8. The smallest absolute Gasteiger partial charge is 0.278 e. The maximum atomic E-state index is 11.7. The number of quaternary nitrogens is 2. The van der Waals surface area contributed by atoms with Crippen LogP contribution in [0.15, 0.2) is 0 Å². The van der Waals surface area contributed by atoms with Gasteiger partial charge in [-0.25, -0.2) is 0 Å². The van der Waals surface area contributed by atoms with Gasteiger partial charge in [0.15, 0.2) is 12.1 Å². The van der Waals surface area contributed by atoms with Crippen LogP contribution in [0.5, 0.6) is 0 Å². The summed E-state index contributed by atoms with van der Waals surface area (Å²) >= 11 is 0. The predicted octanol–water partition coefficient (Wildman–Crippen LogP) is -0.883. The number of rotatable bonds is 16. The number of nitrogens with one attached hydrogen (secondary N) is 2. The van der Waals surface area contributed by atoms with Crippen molar-refractivity contribution >= 4 is 23.8 Å².